The number of nitrogens with zero attached hydrogens (tertiary/aromatic N) is 2. The number of halogens is 1. The first-order valence-electron chi connectivity index (χ1n) is 6.09. The lowest BCUT2D eigenvalue weighted by molar-refractivity contribution is 0.626. The summed E-state index contributed by atoms with van der Waals surface area (Å²) in [6.07, 6.45) is 1.99. The monoisotopic (exact) mass is 247 g/mol. The van der Waals surface area contributed by atoms with Crippen LogP contribution in [0.4, 0.5) is 10.3 Å². The summed E-state index contributed by atoms with van der Waals surface area (Å²) in [6.45, 7) is 6.81. The van der Waals surface area contributed by atoms with E-state index in [1.165, 1.54) is 12.1 Å². The highest BCUT2D eigenvalue weighted by Gasteiger charge is 2.07. The fourth-order valence-electron chi connectivity index (χ4n) is 1.83. The molecule has 1 aromatic heterocycles. The van der Waals surface area contributed by atoms with Crippen LogP contribution in [-0.2, 0) is 6.54 Å². The Balaban J connectivity index is 2.20. The SMILES string of the molecule is Cc1cn(Cc2ccc(F)cc2)c(NC(C)C)n1. The molecule has 0 aliphatic heterocycles. The van der Waals surface area contributed by atoms with Gasteiger partial charge in [-0.15, -0.1) is 0 Å². The van der Waals surface area contributed by atoms with Crippen molar-refractivity contribution in [3.63, 3.8) is 0 Å². The third-order valence-electron chi connectivity index (χ3n) is 2.58. The maximum absolute atomic E-state index is 12.8. The van der Waals surface area contributed by atoms with Gasteiger partial charge in [-0.2, -0.15) is 0 Å². The molecule has 0 atom stereocenters. The number of hydrogen-bond acceptors (Lipinski definition) is 2. The highest BCUT2D eigenvalue weighted by Crippen LogP contribution is 2.13. The van der Waals surface area contributed by atoms with Gasteiger partial charge in [-0.05, 0) is 38.5 Å². The summed E-state index contributed by atoms with van der Waals surface area (Å²) in [7, 11) is 0. The molecule has 0 bridgehead atoms. The summed E-state index contributed by atoms with van der Waals surface area (Å²) in [5, 5.41) is 3.30. The summed E-state index contributed by atoms with van der Waals surface area (Å²) in [5.74, 6) is 0.646. The third kappa shape index (κ3) is 3.09. The summed E-state index contributed by atoms with van der Waals surface area (Å²) in [6, 6.07) is 6.88. The molecule has 0 saturated heterocycles. The van der Waals surface area contributed by atoms with E-state index in [2.05, 4.69) is 24.1 Å². The third-order valence-corrected chi connectivity index (χ3v) is 2.58. The van der Waals surface area contributed by atoms with E-state index >= 15 is 0 Å². The van der Waals surface area contributed by atoms with Crippen LogP contribution in [0.5, 0.6) is 0 Å². The fourth-order valence-corrected chi connectivity index (χ4v) is 1.83. The van der Waals surface area contributed by atoms with E-state index in [4.69, 9.17) is 0 Å². The highest BCUT2D eigenvalue weighted by atomic mass is 19.1. The Morgan fingerprint density at radius 3 is 2.56 bits per heavy atom. The second kappa shape index (κ2) is 5.21. The van der Waals surface area contributed by atoms with Crippen LogP contribution in [0.1, 0.15) is 25.1 Å². The van der Waals surface area contributed by atoms with Crippen molar-refractivity contribution in [2.75, 3.05) is 5.32 Å². The molecular formula is C14H18FN3. The van der Waals surface area contributed by atoms with Crippen LogP contribution >= 0.6 is 0 Å². The minimum absolute atomic E-state index is 0.207. The van der Waals surface area contributed by atoms with E-state index in [0.29, 0.717) is 12.6 Å². The van der Waals surface area contributed by atoms with Gasteiger partial charge in [0, 0.05) is 12.2 Å². The Labute approximate surface area is 107 Å². The molecule has 1 heterocycles. The average molecular weight is 247 g/mol. The Bertz CT molecular complexity index is 514. The van der Waals surface area contributed by atoms with Crippen LogP contribution in [0.3, 0.4) is 0 Å². The van der Waals surface area contributed by atoms with Gasteiger partial charge < -0.3 is 9.88 Å². The van der Waals surface area contributed by atoms with E-state index in [9.17, 15) is 4.39 Å². The molecule has 4 heteroatoms. The van der Waals surface area contributed by atoms with Crippen LogP contribution < -0.4 is 5.32 Å². The van der Waals surface area contributed by atoms with E-state index in [-0.39, 0.29) is 5.82 Å². The number of aryl methyl sites for hydroxylation is 1. The lowest BCUT2D eigenvalue weighted by Gasteiger charge is -2.12. The largest absolute Gasteiger partial charge is 0.353 e. The van der Waals surface area contributed by atoms with Gasteiger partial charge in [0.1, 0.15) is 5.82 Å². The van der Waals surface area contributed by atoms with Crippen molar-refractivity contribution in [3.05, 3.63) is 47.5 Å². The van der Waals surface area contributed by atoms with Crippen molar-refractivity contribution < 1.29 is 4.39 Å². The van der Waals surface area contributed by atoms with Crippen LogP contribution in [0.2, 0.25) is 0 Å². The van der Waals surface area contributed by atoms with Crippen molar-refractivity contribution in [1.82, 2.24) is 9.55 Å². The highest BCUT2D eigenvalue weighted by molar-refractivity contribution is 5.31. The van der Waals surface area contributed by atoms with Crippen LogP contribution in [0.15, 0.2) is 30.5 Å². The van der Waals surface area contributed by atoms with Gasteiger partial charge in [0.2, 0.25) is 5.95 Å². The molecular weight excluding hydrogens is 229 g/mol. The smallest absolute Gasteiger partial charge is 0.203 e. The molecule has 1 N–H and O–H groups in total. The number of imidazole rings is 1. The van der Waals surface area contributed by atoms with Gasteiger partial charge in [0.15, 0.2) is 0 Å². The summed E-state index contributed by atoms with van der Waals surface area (Å²) >= 11 is 0. The predicted molar refractivity (Wildman–Crippen MR) is 71.2 cm³/mol. The number of anilines is 1. The van der Waals surface area contributed by atoms with Crippen LogP contribution in [0.25, 0.3) is 0 Å². The van der Waals surface area contributed by atoms with Crippen molar-refractivity contribution in [2.45, 2.75) is 33.4 Å². The van der Waals surface area contributed by atoms with E-state index in [0.717, 1.165) is 17.2 Å². The van der Waals surface area contributed by atoms with Crippen molar-refractivity contribution in [3.8, 4) is 0 Å². The van der Waals surface area contributed by atoms with Crippen molar-refractivity contribution >= 4 is 5.95 Å². The second-order valence-electron chi connectivity index (χ2n) is 4.76. The molecule has 0 aliphatic carbocycles. The lowest BCUT2D eigenvalue weighted by Crippen LogP contribution is -2.14. The quantitative estimate of drug-likeness (QED) is 0.899. The van der Waals surface area contributed by atoms with E-state index < -0.39 is 0 Å². The fraction of sp³-hybridized carbons (Fsp3) is 0.357. The zero-order valence-corrected chi connectivity index (χ0v) is 10.9. The number of hydrogen-bond donors (Lipinski definition) is 1. The van der Waals surface area contributed by atoms with E-state index in [1.807, 2.05) is 17.7 Å². The lowest BCUT2D eigenvalue weighted by atomic mass is 10.2. The molecule has 2 aromatic rings. The number of benzene rings is 1. The van der Waals surface area contributed by atoms with Crippen molar-refractivity contribution in [1.29, 1.82) is 0 Å². The second-order valence-corrected chi connectivity index (χ2v) is 4.76. The van der Waals surface area contributed by atoms with Gasteiger partial charge in [-0.3, -0.25) is 0 Å². The molecule has 0 aliphatic rings. The number of nitrogens with one attached hydrogen (secondary N) is 1. The molecule has 2 rings (SSSR count). The maximum atomic E-state index is 12.8. The van der Waals surface area contributed by atoms with E-state index in [1.54, 1.807) is 12.1 Å². The molecule has 0 spiro atoms. The predicted octanol–water partition coefficient (Wildman–Crippen LogP) is 3.20. The molecule has 18 heavy (non-hydrogen) atoms. The van der Waals surface area contributed by atoms with Crippen molar-refractivity contribution in [2.24, 2.45) is 0 Å². The standard InChI is InChI=1S/C14H18FN3/c1-10(2)16-14-17-11(3)8-18(14)9-12-4-6-13(15)7-5-12/h4-8,10H,9H2,1-3H3,(H,16,17). The molecule has 96 valence electrons. The van der Waals surface area contributed by atoms with Crippen LogP contribution in [-0.4, -0.2) is 15.6 Å². The number of rotatable bonds is 4. The van der Waals surface area contributed by atoms with Gasteiger partial charge in [-0.1, -0.05) is 12.1 Å². The average Bonchev–Trinajstić information content (AvgIpc) is 2.61. The Morgan fingerprint density at radius 1 is 1.28 bits per heavy atom. The normalized spacial score (nSPS) is 10.9. The summed E-state index contributed by atoms with van der Waals surface area (Å²) < 4.78 is 14.9. The number of aromatic nitrogens is 2. The first-order chi connectivity index (χ1) is 8.54. The molecule has 3 nitrogen and oxygen atoms in total. The topological polar surface area (TPSA) is 29.9 Å². The van der Waals surface area contributed by atoms with Gasteiger partial charge >= 0.3 is 0 Å². The molecule has 0 radical (unpaired) electrons. The first kappa shape index (κ1) is 12.6. The molecule has 0 saturated carbocycles. The maximum Gasteiger partial charge on any atom is 0.203 e. The zero-order chi connectivity index (χ0) is 13.1. The van der Waals surface area contributed by atoms with Gasteiger partial charge in [-0.25, -0.2) is 9.37 Å². The Kier molecular flexibility index (Phi) is 3.65. The first-order valence-corrected chi connectivity index (χ1v) is 6.09. The summed E-state index contributed by atoms with van der Waals surface area (Å²) in [4.78, 5) is 4.44. The van der Waals surface area contributed by atoms with Crippen LogP contribution in [0, 0.1) is 12.7 Å². The molecule has 0 fully saturated rings. The zero-order valence-electron chi connectivity index (χ0n) is 10.9. The minimum atomic E-state index is -0.207. The Hall–Kier alpha value is -1.84. The molecule has 0 amide bonds. The molecule has 1 aromatic carbocycles. The Morgan fingerprint density at radius 2 is 1.94 bits per heavy atom. The minimum Gasteiger partial charge on any atom is -0.353 e. The van der Waals surface area contributed by atoms with Gasteiger partial charge in [0.05, 0.1) is 12.2 Å². The summed E-state index contributed by atoms with van der Waals surface area (Å²) in [5.41, 5.74) is 2.03. The molecule has 0 unspecified atom stereocenters. The van der Waals surface area contributed by atoms with Gasteiger partial charge in [0.25, 0.3) is 0 Å².